The second kappa shape index (κ2) is 5.38. The third kappa shape index (κ3) is 3.53. The first kappa shape index (κ1) is 13.5. The van der Waals surface area contributed by atoms with E-state index < -0.39 is 5.82 Å². The van der Waals surface area contributed by atoms with Gasteiger partial charge in [0.15, 0.2) is 0 Å². The lowest BCUT2D eigenvalue weighted by Gasteiger charge is -2.16. The highest BCUT2D eigenvalue weighted by molar-refractivity contribution is 5.95. The van der Waals surface area contributed by atoms with Crippen molar-refractivity contribution in [2.24, 2.45) is 11.8 Å². The van der Waals surface area contributed by atoms with Gasteiger partial charge in [-0.3, -0.25) is 9.59 Å². The average molecular weight is 264 g/mol. The molecule has 0 heterocycles. The van der Waals surface area contributed by atoms with E-state index in [9.17, 15) is 14.0 Å². The first-order valence-electron chi connectivity index (χ1n) is 6.28. The number of carbonyl (C=O) groups excluding carboxylic acids is 2. The van der Waals surface area contributed by atoms with Crippen molar-refractivity contribution >= 4 is 17.5 Å². The van der Waals surface area contributed by atoms with Crippen molar-refractivity contribution in [1.29, 1.82) is 0 Å². The van der Waals surface area contributed by atoms with E-state index in [0.29, 0.717) is 11.6 Å². The van der Waals surface area contributed by atoms with Crippen LogP contribution in [0.3, 0.4) is 0 Å². The minimum Gasteiger partial charge on any atom is -0.336 e. The van der Waals surface area contributed by atoms with Gasteiger partial charge in [0.2, 0.25) is 11.8 Å². The number of hydrogen-bond donors (Lipinski definition) is 1. The Balaban J connectivity index is 1.85. The lowest BCUT2D eigenvalue weighted by Crippen LogP contribution is -2.36. The predicted octanol–water partition coefficient (Wildman–Crippen LogP) is 1.88. The van der Waals surface area contributed by atoms with Gasteiger partial charge in [0.1, 0.15) is 5.82 Å². The van der Waals surface area contributed by atoms with E-state index in [2.05, 4.69) is 5.32 Å². The molecule has 2 rings (SSSR count). The van der Waals surface area contributed by atoms with E-state index in [-0.39, 0.29) is 24.3 Å². The number of amides is 2. The first-order chi connectivity index (χ1) is 8.97. The molecule has 1 aromatic rings. The third-order valence-corrected chi connectivity index (χ3v) is 3.29. The van der Waals surface area contributed by atoms with Gasteiger partial charge in [0.25, 0.3) is 0 Å². The maximum Gasteiger partial charge on any atom is 0.243 e. The zero-order chi connectivity index (χ0) is 14.0. The van der Waals surface area contributed by atoms with Gasteiger partial charge in [-0.2, -0.15) is 0 Å². The van der Waals surface area contributed by atoms with E-state index in [4.69, 9.17) is 0 Å². The number of nitrogens with one attached hydrogen (secondary N) is 1. The molecule has 0 aromatic heterocycles. The van der Waals surface area contributed by atoms with Crippen molar-refractivity contribution in [2.75, 3.05) is 18.9 Å². The summed E-state index contributed by atoms with van der Waals surface area (Å²) >= 11 is 0. The number of nitrogens with zero attached hydrogens (tertiary/aromatic N) is 1. The minimum atomic E-state index is -0.408. The van der Waals surface area contributed by atoms with Crippen LogP contribution in [0.25, 0.3) is 0 Å². The summed E-state index contributed by atoms with van der Waals surface area (Å²) in [6, 6.07) is 5.67. The fourth-order valence-corrected chi connectivity index (χ4v) is 2.01. The predicted molar refractivity (Wildman–Crippen MR) is 69.9 cm³/mol. The maximum absolute atomic E-state index is 12.9. The second-order valence-corrected chi connectivity index (χ2v) is 5.07. The number of benzene rings is 1. The largest absolute Gasteiger partial charge is 0.336 e. The molecular weight excluding hydrogens is 247 g/mol. The molecule has 0 radical (unpaired) electrons. The molecule has 1 aliphatic carbocycles. The molecular formula is C14H17FN2O2. The molecule has 19 heavy (non-hydrogen) atoms. The molecule has 0 unspecified atom stereocenters. The van der Waals surface area contributed by atoms with Gasteiger partial charge in [-0.25, -0.2) is 4.39 Å². The number of anilines is 1. The molecule has 2 atom stereocenters. The Morgan fingerprint density at radius 3 is 2.74 bits per heavy atom. The number of rotatable bonds is 4. The zero-order valence-electron chi connectivity index (χ0n) is 11.0. The van der Waals surface area contributed by atoms with Gasteiger partial charge in [-0.15, -0.1) is 0 Å². The standard InChI is InChI=1S/C14H17FN2O2/c1-9-6-12(9)14(19)17(2)8-13(18)16-11-5-3-4-10(15)7-11/h3-5,7,9,12H,6,8H2,1-2H3,(H,16,18)/t9-,12+/m1/s1. The highest BCUT2D eigenvalue weighted by Gasteiger charge is 2.40. The van der Waals surface area contributed by atoms with Crippen molar-refractivity contribution in [3.8, 4) is 0 Å². The lowest BCUT2D eigenvalue weighted by molar-refractivity contribution is -0.134. The fraction of sp³-hybridized carbons (Fsp3) is 0.429. The summed E-state index contributed by atoms with van der Waals surface area (Å²) in [4.78, 5) is 25.0. The third-order valence-electron chi connectivity index (χ3n) is 3.29. The Hall–Kier alpha value is -1.91. The number of likely N-dealkylation sites (N-methyl/N-ethyl adjacent to an activating group) is 1. The molecule has 0 bridgehead atoms. The molecule has 0 saturated heterocycles. The summed E-state index contributed by atoms with van der Waals surface area (Å²) in [5.74, 6) is -0.251. The molecule has 1 fully saturated rings. The summed E-state index contributed by atoms with van der Waals surface area (Å²) in [5, 5.41) is 2.57. The summed E-state index contributed by atoms with van der Waals surface area (Å²) in [5.41, 5.74) is 0.394. The van der Waals surface area contributed by atoms with Crippen LogP contribution in [0.4, 0.5) is 10.1 Å². The SMILES string of the molecule is C[C@@H]1C[C@@H]1C(=O)N(C)CC(=O)Nc1cccc(F)c1. The van der Waals surface area contributed by atoms with E-state index >= 15 is 0 Å². The number of hydrogen-bond acceptors (Lipinski definition) is 2. The van der Waals surface area contributed by atoms with Crippen LogP contribution in [0, 0.1) is 17.7 Å². The normalized spacial score (nSPS) is 20.8. The van der Waals surface area contributed by atoms with Gasteiger partial charge < -0.3 is 10.2 Å². The highest BCUT2D eigenvalue weighted by Crippen LogP contribution is 2.38. The number of carbonyl (C=O) groups is 2. The Morgan fingerprint density at radius 2 is 2.16 bits per heavy atom. The Bertz CT molecular complexity index is 504. The first-order valence-corrected chi connectivity index (χ1v) is 6.28. The summed E-state index contributed by atoms with van der Waals surface area (Å²) in [7, 11) is 1.61. The molecule has 5 heteroatoms. The molecule has 4 nitrogen and oxygen atoms in total. The van der Waals surface area contributed by atoms with Crippen LogP contribution >= 0.6 is 0 Å². The van der Waals surface area contributed by atoms with Gasteiger partial charge in [-0.1, -0.05) is 13.0 Å². The van der Waals surface area contributed by atoms with Crippen LogP contribution < -0.4 is 5.32 Å². The quantitative estimate of drug-likeness (QED) is 0.902. The molecule has 1 N–H and O–H groups in total. The van der Waals surface area contributed by atoms with Crippen LogP contribution in [0.2, 0.25) is 0 Å². The summed E-state index contributed by atoms with van der Waals surface area (Å²) in [6.45, 7) is 2.00. The minimum absolute atomic E-state index is 0.00175. The zero-order valence-corrected chi connectivity index (χ0v) is 11.0. The van der Waals surface area contributed by atoms with Crippen molar-refractivity contribution in [2.45, 2.75) is 13.3 Å². The van der Waals surface area contributed by atoms with Gasteiger partial charge in [-0.05, 0) is 30.5 Å². The van der Waals surface area contributed by atoms with Crippen molar-refractivity contribution in [3.63, 3.8) is 0 Å². The smallest absolute Gasteiger partial charge is 0.243 e. The van der Waals surface area contributed by atoms with Crippen LogP contribution in [-0.4, -0.2) is 30.3 Å². The fourth-order valence-electron chi connectivity index (χ4n) is 2.01. The average Bonchev–Trinajstić information content (AvgIpc) is 3.05. The van der Waals surface area contributed by atoms with E-state index in [0.717, 1.165) is 6.42 Å². The Kier molecular flexibility index (Phi) is 3.83. The monoisotopic (exact) mass is 264 g/mol. The summed E-state index contributed by atoms with van der Waals surface area (Å²) in [6.07, 6.45) is 0.898. The lowest BCUT2D eigenvalue weighted by atomic mass is 10.3. The molecule has 1 aliphatic rings. The summed E-state index contributed by atoms with van der Waals surface area (Å²) < 4.78 is 12.9. The molecule has 0 aliphatic heterocycles. The van der Waals surface area contributed by atoms with Crippen LogP contribution in [0.15, 0.2) is 24.3 Å². The molecule has 1 aromatic carbocycles. The van der Waals surface area contributed by atoms with E-state index in [1.54, 1.807) is 13.1 Å². The Morgan fingerprint density at radius 1 is 1.47 bits per heavy atom. The second-order valence-electron chi connectivity index (χ2n) is 5.07. The van der Waals surface area contributed by atoms with Crippen molar-refractivity contribution in [1.82, 2.24) is 4.90 Å². The van der Waals surface area contributed by atoms with E-state index in [1.165, 1.54) is 23.1 Å². The van der Waals surface area contributed by atoms with Crippen LogP contribution in [0.1, 0.15) is 13.3 Å². The maximum atomic E-state index is 12.9. The van der Waals surface area contributed by atoms with Crippen molar-refractivity contribution in [3.05, 3.63) is 30.1 Å². The van der Waals surface area contributed by atoms with Crippen LogP contribution in [-0.2, 0) is 9.59 Å². The number of halogens is 1. The molecule has 0 spiro atoms. The van der Waals surface area contributed by atoms with Gasteiger partial charge in [0, 0.05) is 18.7 Å². The Labute approximate surface area is 111 Å². The van der Waals surface area contributed by atoms with Crippen LogP contribution in [0.5, 0.6) is 0 Å². The molecule has 2 amide bonds. The van der Waals surface area contributed by atoms with Gasteiger partial charge >= 0.3 is 0 Å². The highest BCUT2D eigenvalue weighted by atomic mass is 19.1. The van der Waals surface area contributed by atoms with Gasteiger partial charge in [0.05, 0.1) is 6.54 Å². The van der Waals surface area contributed by atoms with E-state index in [1.807, 2.05) is 6.92 Å². The topological polar surface area (TPSA) is 49.4 Å². The molecule has 1 saturated carbocycles. The van der Waals surface area contributed by atoms with Crippen molar-refractivity contribution < 1.29 is 14.0 Å². The molecule has 102 valence electrons.